The molecule has 3 rings (SSSR count). The van der Waals surface area contributed by atoms with Crippen molar-refractivity contribution in [2.75, 3.05) is 5.32 Å². The molecule has 1 atom stereocenters. The van der Waals surface area contributed by atoms with E-state index in [1.54, 1.807) is 26.0 Å². The molecule has 0 fully saturated rings. The summed E-state index contributed by atoms with van der Waals surface area (Å²) in [4.78, 5) is 27.2. The van der Waals surface area contributed by atoms with Crippen LogP contribution in [0.1, 0.15) is 29.9 Å². The van der Waals surface area contributed by atoms with E-state index in [0.717, 1.165) is 5.56 Å². The summed E-state index contributed by atoms with van der Waals surface area (Å²) in [5, 5.41) is 23.0. The van der Waals surface area contributed by atoms with Gasteiger partial charge in [0.2, 0.25) is 5.95 Å². The molecular weight excluding hydrogens is 421 g/mol. The van der Waals surface area contributed by atoms with Gasteiger partial charge in [-0.1, -0.05) is 29.3 Å². The first kappa shape index (κ1) is 20.7. The van der Waals surface area contributed by atoms with Crippen molar-refractivity contribution in [1.29, 1.82) is 0 Å². The maximum Gasteiger partial charge on any atom is 0.312 e. The standard InChI is InChI=1S/C17H17Cl2N7O3/c1-9-15(26(28)29)10(2)25(22-9)11(3)16(27)21-17-20-8-24(23-17)7-12-4-5-13(18)14(19)6-12/h4-6,8,11H,7H2,1-3H3,(H,21,23,27). The fraction of sp³-hybridized carbons (Fsp3) is 0.294. The van der Waals surface area contributed by atoms with Crippen LogP contribution in [0.2, 0.25) is 10.0 Å². The number of nitrogens with one attached hydrogen (secondary N) is 1. The quantitative estimate of drug-likeness (QED) is 0.464. The van der Waals surface area contributed by atoms with E-state index in [0.29, 0.717) is 22.3 Å². The number of hydrogen-bond acceptors (Lipinski definition) is 6. The van der Waals surface area contributed by atoms with Gasteiger partial charge in [-0.3, -0.25) is 24.9 Å². The molecule has 0 bridgehead atoms. The molecule has 1 amide bonds. The summed E-state index contributed by atoms with van der Waals surface area (Å²) in [7, 11) is 0. The number of nitrogens with zero attached hydrogens (tertiary/aromatic N) is 6. The van der Waals surface area contributed by atoms with Crippen molar-refractivity contribution in [1.82, 2.24) is 24.5 Å². The second-order valence-electron chi connectivity index (χ2n) is 6.40. The Bertz CT molecular complexity index is 1090. The highest BCUT2D eigenvalue weighted by Crippen LogP contribution is 2.25. The van der Waals surface area contributed by atoms with Crippen molar-refractivity contribution < 1.29 is 9.72 Å². The molecule has 0 radical (unpaired) electrons. The van der Waals surface area contributed by atoms with Crippen LogP contribution in [0.25, 0.3) is 0 Å². The van der Waals surface area contributed by atoms with Crippen molar-refractivity contribution in [2.24, 2.45) is 0 Å². The van der Waals surface area contributed by atoms with Gasteiger partial charge in [0.1, 0.15) is 23.8 Å². The summed E-state index contributed by atoms with van der Waals surface area (Å²) in [6.45, 7) is 5.05. The summed E-state index contributed by atoms with van der Waals surface area (Å²) >= 11 is 11.9. The van der Waals surface area contributed by atoms with Gasteiger partial charge in [0.05, 0.1) is 21.5 Å². The number of carbonyl (C=O) groups excluding carboxylic acids is 1. The minimum atomic E-state index is -0.788. The van der Waals surface area contributed by atoms with Crippen molar-refractivity contribution in [3.05, 3.63) is 61.6 Å². The van der Waals surface area contributed by atoms with E-state index < -0.39 is 16.9 Å². The number of aromatic nitrogens is 5. The number of carbonyl (C=O) groups is 1. The third-order valence-electron chi connectivity index (χ3n) is 4.32. The van der Waals surface area contributed by atoms with Crippen molar-refractivity contribution >= 4 is 40.7 Å². The van der Waals surface area contributed by atoms with Crippen LogP contribution in [0.15, 0.2) is 24.5 Å². The van der Waals surface area contributed by atoms with E-state index in [-0.39, 0.29) is 17.3 Å². The third kappa shape index (κ3) is 4.38. The molecule has 0 saturated heterocycles. The van der Waals surface area contributed by atoms with E-state index in [1.165, 1.54) is 22.6 Å². The average Bonchev–Trinajstić information content (AvgIpc) is 3.20. The predicted molar refractivity (Wildman–Crippen MR) is 107 cm³/mol. The van der Waals surface area contributed by atoms with Crippen molar-refractivity contribution in [2.45, 2.75) is 33.4 Å². The molecule has 10 nitrogen and oxygen atoms in total. The van der Waals surface area contributed by atoms with E-state index in [4.69, 9.17) is 23.2 Å². The minimum Gasteiger partial charge on any atom is -0.291 e. The van der Waals surface area contributed by atoms with Gasteiger partial charge >= 0.3 is 5.69 Å². The van der Waals surface area contributed by atoms with Gasteiger partial charge < -0.3 is 0 Å². The largest absolute Gasteiger partial charge is 0.312 e. The zero-order chi connectivity index (χ0) is 21.3. The zero-order valence-corrected chi connectivity index (χ0v) is 17.3. The van der Waals surface area contributed by atoms with E-state index >= 15 is 0 Å². The zero-order valence-electron chi connectivity index (χ0n) is 15.8. The lowest BCUT2D eigenvalue weighted by Gasteiger charge is -2.12. The Kier molecular flexibility index (Phi) is 5.85. The Hall–Kier alpha value is -2.98. The summed E-state index contributed by atoms with van der Waals surface area (Å²) < 4.78 is 2.85. The molecule has 0 spiro atoms. The molecule has 152 valence electrons. The van der Waals surface area contributed by atoms with E-state index in [9.17, 15) is 14.9 Å². The number of rotatable bonds is 6. The maximum absolute atomic E-state index is 12.5. The molecule has 1 unspecified atom stereocenters. The monoisotopic (exact) mass is 437 g/mol. The number of amides is 1. The van der Waals surface area contributed by atoms with Gasteiger partial charge in [-0.15, -0.1) is 5.10 Å². The number of halogens is 2. The smallest absolute Gasteiger partial charge is 0.291 e. The van der Waals surface area contributed by atoms with Crippen molar-refractivity contribution in [3.8, 4) is 0 Å². The van der Waals surface area contributed by atoms with Crippen LogP contribution in [0.5, 0.6) is 0 Å². The maximum atomic E-state index is 12.5. The Balaban J connectivity index is 1.70. The average molecular weight is 438 g/mol. The van der Waals surface area contributed by atoms with Gasteiger partial charge in [-0.25, -0.2) is 9.67 Å². The van der Waals surface area contributed by atoms with Gasteiger partial charge in [-0.05, 0) is 38.5 Å². The first-order valence-corrected chi connectivity index (χ1v) is 9.27. The number of nitro groups is 1. The summed E-state index contributed by atoms with van der Waals surface area (Å²) in [5.74, 6) is -0.337. The first-order valence-electron chi connectivity index (χ1n) is 8.51. The Labute approximate surface area is 175 Å². The Morgan fingerprint density at radius 2 is 2.00 bits per heavy atom. The van der Waals surface area contributed by atoms with Gasteiger partial charge in [0.15, 0.2) is 0 Å². The van der Waals surface area contributed by atoms with Gasteiger partial charge in [0.25, 0.3) is 5.91 Å². The highest BCUT2D eigenvalue weighted by Gasteiger charge is 2.27. The molecular formula is C17H17Cl2N7O3. The normalized spacial score (nSPS) is 12.0. The van der Waals surface area contributed by atoms with Gasteiger partial charge in [0, 0.05) is 0 Å². The topological polar surface area (TPSA) is 121 Å². The fourth-order valence-electron chi connectivity index (χ4n) is 2.87. The highest BCUT2D eigenvalue weighted by atomic mass is 35.5. The number of anilines is 1. The molecule has 0 aliphatic heterocycles. The summed E-state index contributed by atoms with van der Waals surface area (Å²) in [6.07, 6.45) is 1.47. The van der Waals surface area contributed by atoms with Crippen LogP contribution in [-0.2, 0) is 11.3 Å². The Morgan fingerprint density at radius 3 is 2.62 bits per heavy atom. The minimum absolute atomic E-state index is 0.103. The molecule has 29 heavy (non-hydrogen) atoms. The number of aryl methyl sites for hydroxylation is 1. The van der Waals surface area contributed by atoms with Crippen LogP contribution >= 0.6 is 23.2 Å². The molecule has 0 saturated carbocycles. The van der Waals surface area contributed by atoms with E-state index in [2.05, 4.69) is 20.5 Å². The molecule has 2 aromatic heterocycles. The molecule has 2 heterocycles. The summed E-state index contributed by atoms with van der Waals surface area (Å²) in [5.41, 5.74) is 1.31. The second kappa shape index (κ2) is 8.18. The van der Waals surface area contributed by atoms with Crippen LogP contribution in [0.4, 0.5) is 11.6 Å². The predicted octanol–water partition coefficient (Wildman–Crippen LogP) is 3.55. The lowest BCUT2D eigenvalue weighted by atomic mass is 10.2. The van der Waals surface area contributed by atoms with Crippen molar-refractivity contribution in [3.63, 3.8) is 0 Å². The van der Waals surface area contributed by atoms with Crippen LogP contribution < -0.4 is 5.32 Å². The lowest BCUT2D eigenvalue weighted by Crippen LogP contribution is -2.26. The van der Waals surface area contributed by atoms with Gasteiger partial charge in [-0.2, -0.15) is 5.10 Å². The van der Waals surface area contributed by atoms with Crippen LogP contribution in [-0.4, -0.2) is 35.4 Å². The number of benzene rings is 1. The number of hydrogen-bond donors (Lipinski definition) is 1. The van der Waals surface area contributed by atoms with E-state index in [1.807, 2.05) is 6.07 Å². The third-order valence-corrected chi connectivity index (χ3v) is 5.05. The second-order valence-corrected chi connectivity index (χ2v) is 7.21. The first-order chi connectivity index (χ1) is 13.7. The molecule has 3 aromatic rings. The molecule has 1 aromatic carbocycles. The molecule has 12 heteroatoms. The SMILES string of the molecule is Cc1nn(C(C)C(=O)Nc2ncn(Cc3ccc(Cl)c(Cl)c3)n2)c(C)c1[N+](=O)[O-]. The Morgan fingerprint density at radius 1 is 1.28 bits per heavy atom. The molecule has 1 N–H and O–H groups in total. The fourth-order valence-corrected chi connectivity index (χ4v) is 3.20. The van der Waals surface area contributed by atoms with Crippen LogP contribution in [0, 0.1) is 24.0 Å². The summed E-state index contributed by atoms with van der Waals surface area (Å²) in [6, 6.07) is 4.44. The van der Waals surface area contributed by atoms with Crippen LogP contribution in [0.3, 0.4) is 0 Å². The molecule has 0 aliphatic rings. The lowest BCUT2D eigenvalue weighted by molar-refractivity contribution is -0.386. The molecule has 0 aliphatic carbocycles. The highest BCUT2D eigenvalue weighted by molar-refractivity contribution is 6.42.